The Kier molecular flexibility index (Phi) is 6.43. The van der Waals surface area contributed by atoms with Crippen molar-refractivity contribution < 1.29 is 19.0 Å². The van der Waals surface area contributed by atoms with E-state index in [1.54, 1.807) is 0 Å². The van der Waals surface area contributed by atoms with E-state index in [0.717, 1.165) is 6.42 Å². The smallest absolute Gasteiger partial charge is 0.407 e. The summed E-state index contributed by atoms with van der Waals surface area (Å²) in [6.45, 7) is 5.98. The Hall–Kier alpha value is -1.37. The van der Waals surface area contributed by atoms with Crippen LogP contribution in [0.5, 0.6) is 0 Å². The summed E-state index contributed by atoms with van der Waals surface area (Å²) in [6.07, 6.45) is -0.479. The van der Waals surface area contributed by atoms with Gasteiger partial charge in [0, 0.05) is 16.9 Å². The second kappa shape index (κ2) is 8.14. The molecule has 2 heterocycles. The van der Waals surface area contributed by atoms with Crippen molar-refractivity contribution in [1.82, 2.24) is 5.32 Å². The molecule has 1 amide bonds. The number of ether oxygens (including phenoxy) is 3. The van der Waals surface area contributed by atoms with Crippen molar-refractivity contribution in [1.29, 1.82) is 0 Å². The SMILES string of the molecule is [B]C1CC(C)C(COC(=O)NC2C(N=[N+]=[N-])C([B])OC2C(C)C)O1. The molecule has 24 heavy (non-hydrogen) atoms. The molecule has 128 valence electrons. The van der Waals surface area contributed by atoms with E-state index in [2.05, 4.69) is 15.3 Å². The summed E-state index contributed by atoms with van der Waals surface area (Å²) in [4.78, 5) is 14.9. The summed E-state index contributed by atoms with van der Waals surface area (Å²) in [5.41, 5.74) is 8.70. The second-order valence-electron chi connectivity index (χ2n) is 6.70. The van der Waals surface area contributed by atoms with Crippen LogP contribution in [0.25, 0.3) is 10.4 Å². The van der Waals surface area contributed by atoms with Gasteiger partial charge in [0.2, 0.25) is 0 Å². The third-order valence-electron chi connectivity index (χ3n) is 4.47. The minimum Gasteiger partial charge on any atom is -0.447 e. The zero-order chi connectivity index (χ0) is 17.9. The van der Waals surface area contributed by atoms with E-state index in [1.807, 2.05) is 20.8 Å². The highest BCUT2D eigenvalue weighted by Crippen LogP contribution is 2.28. The minimum absolute atomic E-state index is 0.0800. The lowest BCUT2D eigenvalue weighted by Crippen LogP contribution is -2.49. The van der Waals surface area contributed by atoms with Gasteiger partial charge in [0.25, 0.3) is 0 Å². The molecule has 0 aromatic heterocycles. The summed E-state index contributed by atoms with van der Waals surface area (Å²) in [5, 5.41) is 6.36. The Bertz CT molecular complexity index is 503. The van der Waals surface area contributed by atoms with Crippen LogP contribution in [-0.4, -0.2) is 64.7 Å². The molecule has 1 N–H and O–H groups in total. The first-order valence-electron chi connectivity index (χ1n) is 8.13. The second-order valence-corrected chi connectivity index (χ2v) is 6.70. The minimum atomic E-state index is -0.769. The van der Waals surface area contributed by atoms with Gasteiger partial charge in [-0.3, -0.25) is 0 Å². The molecule has 0 saturated carbocycles. The predicted octanol–water partition coefficient (Wildman–Crippen LogP) is 1.23. The standard InChI is InChI=1S/C14H22B2N4O4/c1-6(2)12-10(11(19-20-17)13(16)24-12)18-14(21)22-5-8-7(3)4-9(15)23-8/h6-13H,4-5H2,1-3H3,(H,18,21). The molecule has 2 fully saturated rings. The van der Waals surface area contributed by atoms with Gasteiger partial charge in [-0.15, -0.1) is 0 Å². The van der Waals surface area contributed by atoms with Gasteiger partial charge >= 0.3 is 6.09 Å². The molecular formula is C14H22B2N4O4. The van der Waals surface area contributed by atoms with Gasteiger partial charge in [-0.25, -0.2) is 4.79 Å². The summed E-state index contributed by atoms with van der Waals surface area (Å²) in [5.74, 6) is 0.298. The Balaban J connectivity index is 1.93. The fourth-order valence-electron chi connectivity index (χ4n) is 3.15. The molecule has 2 aliphatic rings. The summed E-state index contributed by atoms with van der Waals surface area (Å²) >= 11 is 0. The number of nitrogens with one attached hydrogen (secondary N) is 1. The molecule has 2 aliphatic heterocycles. The lowest BCUT2D eigenvalue weighted by Gasteiger charge is -2.25. The third-order valence-corrected chi connectivity index (χ3v) is 4.47. The molecule has 8 nitrogen and oxygen atoms in total. The number of carbonyl (C=O) groups is 1. The van der Waals surface area contributed by atoms with Crippen LogP contribution in [-0.2, 0) is 14.2 Å². The highest BCUT2D eigenvalue weighted by atomic mass is 16.6. The molecular weight excluding hydrogens is 310 g/mol. The number of hydrogen-bond donors (Lipinski definition) is 1. The molecule has 0 bridgehead atoms. The Labute approximate surface area is 144 Å². The first-order valence-corrected chi connectivity index (χ1v) is 8.13. The average molecular weight is 332 g/mol. The third kappa shape index (κ3) is 4.37. The topological polar surface area (TPSA) is 106 Å². The van der Waals surface area contributed by atoms with Gasteiger partial charge in [0.1, 0.15) is 22.3 Å². The van der Waals surface area contributed by atoms with E-state index < -0.39 is 24.2 Å². The van der Waals surface area contributed by atoms with E-state index in [1.165, 1.54) is 0 Å². The molecule has 2 rings (SSSR count). The van der Waals surface area contributed by atoms with Crippen molar-refractivity contribution >= 4 is 21.8 Å². The van der Waals surface area contributed by atoms with Crippen LogP contribution in [0.4, 0.5) is 4.79 Å². The van der Waals surface area contributed by atoms with Crippen LogP contribution in [0, 0.1) is 11.8 Å². The first-order chi connectivity index (χ1) is 11.3. The quantitative estimate of drug-likeness (QED) is 0.354. The maximum Gasteiger partial charge on any atom is 0.407 e. The summed E-state index contributed by atoms with van der Waals surface area (Å²) < 4.78 is 16.3. The van der Waals surface area contributed by atoms with Gasteiger partial charge in [0.05, 0.1) is 24.3 Å². The van der Waals surface area contributed by atoms with Gasteiger partial charge in [-0.2, -0.15) is 0 Å². The number of amides is 1. The highest BCUT2D eigenvalue weighted by Gasteiger charge is 2.44. The molecule has 0 spiro atoms. The molecule has 7 atom stereocenters. The lowest BCUT2D eigenvalue weighted by molar-refractivity contribution is 0.0150. The van der Waals surface area contributed by atoms with Crippen LogP contribution < -0.4 is 5.32 Å². The van der Waals surface area contributed by atoms with Crippen molar-refractivity contribution in [3.05, 3.63) is 10.4 Å². The monoisotopic (exact) mass is 332 g/mol. The van der Waals surface area contributed by atoms with Crippen molar-refractivity contribution in [2.24, 2.45) is 17.0 Å². The fourth-order valence-corrected chi connectivity index (χ4v) is 3.15. The zero-order valence-corrected chi connectivity index (χ0v) is 14.2. The predicted molar refractivity (Wildman–Crippen MR) is 88.7 cm³/mol. The normalized spacial score (nSPS) is 38.8. The Morgan fingerprint density at radius 2 is 2.17 bits per heavy atom. The summed E-state index contributed by atoms with van der Waals surface area (Å²) in [6, 6.07) is -2.33. The van der Waals surface area contributed by atoms with Crippen LogP contribution in [0.2, 0.25) is 0 Å². The van der Waals surface area contributed by atoms with E-state index in [9.17, 15) is 4.79 Å². The first kappa shape index (κ1) is 19.0. The van der Waals surface area contributed by atoms with E-state index in [4.69, 9.17) is 35.4 Å². The number of azide groups is 1. The van der Waals surface area contributed by atoms with Crippen LogP contribution in [0.1, 0.15) is 27.2 Å². The number of alkyl carbamates (subject to hydrolysis) is 1. The van der Waals surface area contributed by atoms with E-state index in [-0.39, 0.29) is 36.7 Å². The lowest BCUT2D eigenvalue weighted by atomic mass is 9.88. The van der Waals surface area contributed by atoms with Crippen molar-refractivity contribution in [2.75, 3.05) is 6.61 Å². The van der Waals surface area contributed by atoms with Crippen molar-refractivity contribution in [2.45, 2.75) is 63.5 Å². The molecule has 0 aliphatic carbocycles. The van der Waals surface area contributed by atoms with E-state index in [0.29, 0.717) is 0 Å². The largest absolute Gasteiger partial charge is 0.447 e. The molecule has 0 aromatic rings. The maximum absolute atomic E-state index is 12.1. The van der Waals surface area contributed by atoms with Crippen molar-refractivity contribution in [3.8, 4) is 0 Å². The number of carbonyl (C=O) groups excluding carboxylic acids is 1. The molecule has 0 aromatic carbocycles. The highest BCUT2D eigenvalue weighted by molar-refractivity contribution is 6.12. The fraction of sp³-hybridized carbons (Fsp3) is 0.929. The van der Waals surface area contributed by atoms with Gasteiger partial charge in [-0.05, 0) is 23.8 Å². The van der Waals surface area contributed by atoms with Crippen LogP contribution in [0.3, 0.4) is 0 Å². The molecule has 10 heteroatoms. The average Bonchev–Trinajstić information content (AvgIpc) is 2.98. The number of nitrogens with zero attached hydrogens (tertiary/aromatic N) is 3. The van der Waals surface area contributed by atoms with Gasteiger partial charge in [-0.1, -0.05) is 25.9 Å². The van der Waals surface area contributed by atoms with Gasteiger partial charge in [0.15, 0.2) is 0 Å². The molecule has 2 saturated heterocycles. The number of hydrogen-bond acceptors (Lipinski definition) is 5. The molecule has 4 radical (unpaired) electrons. The zero-order valence-electron chi connectivity index (χ0n) is 14.2. The van der Waals surface area contributed by atoms with Crippen molar-refractivity contribution in [3.63, 3.8) is 0 Å². The number of rotatable bonds is 5. The Morgan fingerprint density at radius 3 is 2.71 bits per heavy atom. The van der Waals surface area contributed by atoms with Crippen LogP contribution in [0.15, 0.2) is 5.11 Å². The van der Waals surface area contributed by atoms with E-state index >= 15 is 0 Å². The van der Waals surface area contributed by atoms with Gasteiger partial charge < -0.3 is 19.5 Å². The van der Waals surface area contributed by atoms with Crippen LogP contribution >= 0.6 is 0 Å². The molecule has 7 unspecified atom stereocenters. The maximum atomic E-state index is 12.1. The summed E-state index contributed by atoms with van der Waals surface area (Å²) in [7, 11) is 11.6. The Morgan fingerprint density at radius 1 is 1.46 bits per heavy atom.